The lowest BCUT2D eigenvalue weighted by Crippen LogP contribution is -2.06. The summed E-state index contributed by atoms with van der Waals surface area (Å²) in [5, 5.41) is 10.4. The first kappa shape index (κ1) is 14.0. The van der Waals surface area contributed by atoms with E-state index < -0.39 is 11.9 Å². The number of halogens is 2. The van der Waals surface area contributed by atoms with Crippen LogP contribution in [-0.4, -0.2) is 5.11 Å². The van der Waals surface area contributed by atoms with Crippen LogP contribution in [0.4, 0.5) is 4.39 Å². The van der Waals surface area contributed by atoms with Crippen LogP contribution in [0.5, 0.6) is 0 Å². The molecule has 3 heteroatoms. The van der Waals surface area contributed by atoms with Crippen molar-refractivity contribution in [1.29, 1.82) is 0 Å². The number of hydrogen-bond acceptors (Lipinski definition) is 1. The second kappa shape index (κ2) is 5.72. The van der Waals surface area contributed by atoms with Gasteiger partial charge in [-0.1, -0.05) is 47.5 Å². The summed E-state index contributed by atoms with van der Waals surface area (Å²) < 4.78 is 13.8. The average molecular weight is 279 g/mol. The predicted molar refractivity (Wildman–Crippen MR) is 76.0 cm³/mol. The molecule has 0 aliphatic carbocycles. The van der Waals surface area contributed by atoms with Crippen LogP contribution >= 0.6 is 11.6 Å². The Morgan fingerprint density at radius 2 is 1.95 bits per heavy atom. The number of aliphatic hydroxyl groups is 1. The minimum absolute atomic E-state index is 0.0886. The highest BCUT2D eigenvalue weighted by Crippen LogP contribution is 2.26. The fourth-order valence-corrected chi connectivity index (χ4v) is 2.34. The monoisotopic (exact) mass is 278 g/mol. The fraction of sp³-hybridized carbons (Fsp3) is 0.250. The molecule has 0 aliphatic heterocycles. The van der Waals surface area contributed by atoms with Crippen LogP contribution in [0, 0.1) is 19.7 Å². The maximum absolute atomic E-state index is 13.8. The van der Waals surface area contributed by atoms with Gasteiger partial charge < -0.3 is 5.11 Å². The van der Waals surface area contributed by atoms with Gasteiger partial charge in [-0.05, 0) is 36.6 Å². The van der Waals surface area contributed by atoms with E-state index in [9.17, 15) is 9.50 Å². The molecule has 1 nitrogen and oxygen atoms in total. The zero-order chi connectivity index (χ0) is 14.0. The standard InChI is InChI=1S/C16H16ClFO/c1-10-6-7-11(2)13(8-10)15(19)9-12-4-3-5-14(17)16(12)18/h3-8,15,19H,9H2,1-2H3. The van der Waals surface area contributed by atoms with Crippen LogP contribution in [0.15, 0.2) is 36.4 Å². The van der Waals surface area contributed by atoms with Gasteiger partial charge in [0, 0.05) is 6.42 Å². The zero-order valence-corrected chi connectivity index (χ0v) is 11.7. The van der Waals surface area contributed by atoms with Crippen molar-refractivity contribution in [2.75, 3.05) is 0 Å². The molecule has 100 valence electrons. The van der Waals surface area contributed by atoms with Gasteiger partial charge in [-0.3, -0.25) is 0 Å². The molecule has 0 saturated carbocycles. The lowest BCUT2D eigenvalue weighted by Gasteiger charge is -2.15. The molecule has 0 spiro atoms. The molecule has 2 rings (SSSR count). The van der Waals surface area contributed by atoms with Gasteiger partial charge in [-0.2, -0.15) is 0 Å². The molecule has 0 saturated heterocycles. The lowest BCUT2D eigenvalue weighted by molar-refractivity contribution is 0.176. The summed E-state index contributed by atoms with van der Waals surface area (Å²) in [6.45, 7) is 3.90. The van der Waals surface area contributed by atoms with E-state index in [4.69, 9.17) is 11.6 Å². The Hall–Kier alpha value is -1.38. The Bertz CT molecular complexity index is 595. The molecule has 0 bridgehead atoms. The highest BCUT2D eigenvalue weighted by atomic mass is 35.5. The third-order valence-corrected chi connectivity index (χ3v) is 3.53. The molecular weight excluding hydrogens is 263 g/mol. The van der Waals surface area contributed by atoms with Crippen molar-refractivity contribution in [3.05, 3.63) is 69.5 Å². The number of aliphatic hydroxyl groups excluding tert-OH is 1. The van der Waals surface area contributed by atoms with Crippen LogP contribution in [0.25, 0.3) is 0 Å². The first-order valence-corrected chi connectivity index (χ1v) is 6.55. The lowest BCUT2D eigenvalue weighted by atomic mass is 9.96. The zero-order valence-electron chi connectivity index (χ0n) is 11.0. The van der Waals surface area contributed by atoms with Crippen LogP contribution in [0.3, 0.4) is 0 Å². The summed E-state index contributed by atoms with van der Waals surface area (Å²) >= 11 is 5.74. The number of hydrogen-bond donors (Lipinski definition) is 1. The minimum atomic E-state index is -0.729. The first-order chi connectivity index (χ1) is 8.99. The van der Waals surface area contributed by atoms with Crippen molar-refractivity contribution < 1.29 is 9.50 Å². The molecule has 2 aromatic rings. The quantitative estimate of drug-likeness (QED) is 0.884. The Morgan fingerprint density at radius 1 is 1.21 bits per heavy atom. The summed E-state index contributed by atoms with van der Waals surface area (Å²) in [5.74, 6) is -0.450. The Morgan fingerprint density at radius 3 is 2.68 bits per heavy atom. The van der Waals surface area contributed by atoms with E-state index in [1.54, 1.807) is 12.1 Å². The van der Waals surface area contributed by atoms with E-state index in [2.05, 4.69) is 0 Å². The van der Waals surface area contributed by atoms with Crippen molar-refractivity contribution in [3.8, 4) is 0 Å². The molecule has 1 unspecified atom stereocenters. The van der Waals surface area contributed by atoms with E-state index in [0.29, 0.717) is 5.56 Å². The largest absolute Gasteiger partial charge is 0.388 e. The fourth-order valence-electron chi connectivity index (χ4n) is 2.14. The molecule has 0 aliphatic rings. The molecule has 1 N–H and O–H groups in total. The van der Waals surface area contributed by atoms with E-state index in [1.165, 1.54) is 6.07 Å². The molecule has 0 fully saturated rings. The van der Waals surface area contributed by atoms with Crippen molar-refractivity contribution in [2.45, 2.75) is 26.4 Å². The SMILES string of the molecule is Cc1ccc(C)c(C(O)Cc2cccc(Cl)c2F)c1. The van der Waals surface area contributed by atoms with Crippen molar-refractivity contribution in [2.24, 2.45) is 0 Å². The summed E-state index contributed by atoms with van der Waals surface area (Å²) in [7, 11) is 0. The molecule has 19 heavy (non-hydrogen) atoms. The Kier molecular flexibility index (Phi) is 4.23. The van der Waals surface area contributed by atoms with Crippen molar-refractivity contribution in [3.63, 3.8) is 0 Å². The van der Waals surface area contributed by atoms with Gasteiger partial charge in [-0.25, -0.2) is 4.39 Å². The van der Waals surface area contributed by atoms with Gasteiger partial charge in [-0.15, -0.1) is 0 Å². The third-order valence-electron chi connectivity index (χ3n) is 3.24. The highest BCUT2D eigenvalue weighted by Gasteiger charge is 2.15. The van der Waals surface area contributed by atoms with E-state index >= 15 is 0 Å². The summed E-state index contributed by atoms with van der Waals surface area (Å²) in [6, 6.07) is 10.7. The van der Waals surface area contributed by atoms with E-state index in [1.807, 2.05) is 32.0 Å². The van der Waals surface area contributed by atoms with Crippen LogP contribution < -0.4 is 0 Å². The Balaban J connectivity index is 2.28. The predicted octanol–water partition coefficient (Wildman–Crippen LogP) is 4.37. The van der Waals surface area contributed by atoms with Crippen LogP contribution in [0.1, 0.15) is 28.4 Å². The average Bonchev–Trinajstić information content (AvgIpc) is 2.38. The number of benzene rings is 2. The van der Waals surface area contributed by atoms with E-state index in [-0.39, 0.29) is 11.4 Å². The first-order valence-electron chi connectivity index (χ1n) is 6.17. The third kappa shape index (κ3) is 3.14. The summed E-state index contributed by atoms with van der Waals surface area (Å²) in [6.07, 6.45) is -0.510. The van der Waals surface area contributed by atoms with Gasteiger partial charge in [0.25, 0.3) is 0 Å². The Labute approximate surface area is 117 Å². The maximum atomic E-state index is 13.8. The van der Waals surface area contributed by atoms with Crippen molar-refractivity contribution >= 4 is 11.6 Å². The summed E-state index contributed by atoms with van der Waals surface area (Å²) in [5.41, 5.74) is 3.34. The van der Waals surface area contributed by atoms with Gasteiger partial charge in [0.1, 0.15) is 5.82 Å². The molecule has 0 aromatic heterocycles. The van der Waals surface area contributed by atoms with E-state index in [0.717, 1.165) is 16.7 Å². The molecule has 0 radical (unpaired) electrons. The van der Waals surface area contributed by atoms with Crippen molar-refractivity contribution in [1.82, 2.24) is 0 Å². The van der Waals surface area contributed by atoms with Crippen LogP contribution in [-0.2, 0) is 6.42 Å². The second-order valence-electron chi connectivity index (χ2n) is 4.79. The van der Waals surface area contributed by atoms with Gasteiger partial charge in [0.05, 0.1) is 11.1 Å². The minimum Gasteiger partial charge on any atom is -0.388 e. The number of aryl methyl sites for hydroxylation is 2. The normalized spacial score (nSPS) is 12.5. The van der Waals surface area contributed by atoms with Crippen LogP contribution in [0.2, 0.25) is 5.02 Å². The smallest absolute Gasteiger partial charge is 0.145 e. The van der Waals surface area contributed by atoms with Gasteiger partial charge >= 0.3 is 0 Å². The van der Waals surface area contributed by atoms with Gasteiger partial charge in [0.2, 0.25) is 0 Å². The maximum Gasteiger partial charge on any atom is 0.145 e. The molecule has 0 amide bonds. The highest BCUT2D eigenvalue weighted by molar-refractivity contribution is 6.30. The number of rotatable bonds is 3. The topological polar surface area (TPSA) is 20.2 Å². The van der Waals surface area contributed by atoms with Gasteiger partial charge in [0.15, 0.2) is 0 Å². The molecule has 0 heterocycles. The molecule has 2 aromatic carbocycles. The second-order valence-corrected chi connectivity index (χ2v) is 5.20. The molecular formula is C16H16ClFO. The molecule has 1 atom stereocenters. The summed E-state index contributed by atoms with van der Waals surface area (Å²) in [4.78, 5) is 0.